The van der Waals surface area contributed by atoms with Gasteiger partial charge in [-0.2, -0.15) is 4.98 Å². The van der Waals surface area contributed by atoms with Gasteiger partial charge in [0.25, 0.3) is 5.89 Å². The number of ether oxygens (including phenoxy) is 1. The van der Waals surface area contributed by atoms with Crippen LogP contribution in [0, 0.1) is 0 Å². The molecule has 1 aliphatic heterocycles. The van der Waals surface area contributed by atoms with Gasteiger partial charge in [-0.15, -0.1) is 17.9 Å². The largest absolute Gasteiger partial charge is 0.494 e. The molecule has 2 aromatic heterocycles. The summed E-state index contributed by atoms with van der Waals surface area (Å²) in [5.74, 6) is 1.88. The fourth-order valence-electron chi connectivity index (χ4n) is 3.42. The number of hydrogen-bond acceptors (Lipinski definition) is 6. The quantitative estimate of drug-likeness (QED) is 0.409. The number of benzene rings is 1. The van der Waals surface area contributed by atoms with Crippen LogP contribution < -0.4 is 10.1 Å². The fraction of sp³-hybridized carbons (Fsp3) is 0.227. The first-order valence-electron chi connectivity index (χ1n) is 9.62. The molecule has 1 unspecified atom stereocenters. The molecule has 1 aromatic carbocycles. The van der Waals surface area contributed by atoms with Gasteiger partial charge >= 0.3 is 0 Å². The van der Waals surface area contributed by atoms with Crippen LogP contribution in [0.3, 0.4) is 0 Å². The number of allylic oxidation sites excluding steroid dienone is 1. The molecular weight excluding hydrogens is 416 g/mol. The summed E-state index contributed by atoms with van der Waals surface area (Å²) in [6, 6.07) is 11.7. The molecule has 8 heteroatoms. The molecule has 30 heavy (non-hydrogen) atoms. The molecule has 3 heterocycles. The molecular formula is C22H22N4O2S2. The van der Waals surface area contributed by atoms with E-state index in [4.69, 9.17) is 21.5 Å². The SMILES string of the molecule is C=CCN1C(=S)NC(c2ccc(OCC)cc2)C(c2nc(-c3cccs3)no2)=C1C. The zero-order chi connectivity index (χ0) is 21.1. The number of nitrogens with zero attached hydrogens (tertiary/aromatic N) is 3. The maximum absolute atomic E-state index is 5.70. The Bertz CT molecular complexity index is 1070. The van der Waals surface area contributed by atoms with E-state index in [0.717, 1.165) is 27.5 Å². The van der Waals surface area contributed by atoms with Crippen LogP contribution in [0.4, 0.5) is 0 Å². The predicted molar refractivity (Wildman–Crippen MR) is 123 cm³/mol. The summed E-state index contributed by atoms with van der Waals surface area (Å²) in [5.41, 5.74) is 2.88. The van der Waals surface area contributed by atoms with E-state index in [9.17, 15) is 0 Å². The molecule has 1 N–H and O–H groups in total. The standard InChI is InChI=1S/C22H22N4O2S2/c1-4-12-26-14(3)18(21-24-20(25-28-21)17-7-6-13-30-17)19(23-22(26)29)15-8-10-16(11-9-15)27-5-2/h4,6-11,13,19H,1,5,12H2,2-3H3,(H,23,29). The van der Waals surface area contributed by atoms with Crippen molar-refractivity contribution in [2.24, 2.45) is 0 Å². The van der Waals surface area contributed by atoms with Crippen LogP contribution in [0.25, 0.3) is 16.3 Å². The van der Waals surface area contributed by atoms with Crippen LogP contribution >= 0.6 is 23.6 Å². The van der Waals surface area contributed by atoms with E-state index in [1.807, 2.05) is 66.6 Å². The first-order valence-corrected chi connectivity index (χ1v) is 10.9. The van der Waals surface area contributed by atoms with Gasteiger partial charge in [-0.25, -0.2) is 0 Å². The van der Waals surface area contributed by atoms with Gasteiger partial charge in [0.15, 0.2) is 5.11 Å². The normalized spacial score (nSPS) is 16.5. The van der Waals surface area contributed by atoms with Gasteiger partial charge in [0, 0.05) is 12.2 Å². The lowest BCUT2D eigenvalue weighted by atomic mass is 9.94. The van der Waals surface area contributed by atoms with Crippen molar-refractivity contribution < 1.29 is 9.26 Å². The molecule has 0 fully saturated rings. The lowest BCUT2D eigenvalue weighted by Gasteiger charge is -2.36. The Morgan fingerprint density at radius 2 is 2.13 bits per heavy atom. The van der Waals surface area contributed by atoms with Crippen LogP contribution in [0.1, 0.15) is 31.3 Å². The summed E-state index contributed by atoms with van der Waals surface area (Å²) in [4.78, 5) is 7.63. The second-order valence-electron chi connectivity index (χ2n) is 6.68. The van der Waals surface area contributed by atoms with E-state index >= 15 is 0 Å². The van der Waals surface area contributed by atoms with E-state index in [1.54, 1.807) is 11.3 Å². The lowest BCUT2D eigenvalue weighted by molar-refractivity contribution is 0.340. The Kier molecular flexibility index (Phi) is 5.96. The van der Waals surface area contributed by atoms with Crippen molar-refractivity contribution in [3.05, 3.63) is 71.6 Å². The highest BCUT2D eigenvalue weighted by Crippen LogP contribution is 2.38. The molecule has 0 saturated carbocycles. The maximum Gasteiger partial charge on any atom is 0.258 e. The van der Waals surface area contributed by atoms with Gasteiger partial charge < -0.3 is 19.5 Å². The van der Waals surface area contributed by atoms with Crippen LogP contribution in [-0.4, -0.2) is 33.3 Å². The third kappa shape index (κ3) is 3.88. The van der Waals surface area contributed by atoms with Crippen LogP contribution in [-0.2, 0) is 0 Å². The fourth-order valence-corrected chi connectivity index (χ4v) is 4.40. The van der Waals surface area contributed by atoms with Gasteiger partial charge in [-0.1, -0.05) is 29.4 Å². The van der Waals surface area contributed by atoms with Gasteiger partial charge in [0.1, 0.15) is 5.75 Å². The van der Waals surface area contributed by atoms with Gasteiger partial charge in [0.05, 0.1) is 23.1 Å². The van der Waals surface area contributed by atoms with Crippen molar-refractivity contribution in [1.29, 1.82) is 0 Å². The monoisotopic (exact) mass is 438 g/mol. The second-order valence-corrected chi connectivity index (χ2v) is 8.02. The summed E-state index contributed by atoms with van der Waals surface area (Å²) in [6.07, 6.45) is 1.82. The predicted octanol–water partition coefficient (Wildman–Crippen LogP) is 5.05. The van der Waals surface area contributed by atoms with Crippen molar-refractivity contribution in [3.63, 3.8) is 0 Å². The van der Waals surface area contributed by atoms with E-state index in [2.05, 4.69) is 22.0 Å². The smallest absolute Gasteiger partial charge is 0.258 e. The molecule has 0 aliphatic carbocycles. The average Bonchev–Trinajstić information content (AvgIpc) is 3.43. The molecule has 0 radical (unpaired) electrons. The summed E-state index contributed by atoms with van der Waals surface area (Å²) < 4.78 is 11.3. The lowest BCUT2D eigenvalue weighted by Crippen LogP contribution is -2.45. The van der Waals surface area contributed by atoms with E-state index < -0.39 is 0 Å². The molecule has 0 bridgehead atoms. The molecule has 0 amide bonds. The first-order chi connectivity index (χ1) is 14.6. The molecule has 6 nitrogen and oxygen atoms in total. The van der Waals surface area contributed by atoms with Gasteiger partial charge in [-0.05, 0) is 55.2 Å². The van der Waals surface area contributed by atoms with E-state index in [-0.39, 0.29) is 6.04 Å². The molecule has 1 atom stereocenters. The minimum atomic E-state index is -0.217. The highest BCUT2D eigenvalue weighted by molar-refractivity contribution is 7.80. The Balaban J connectivity index is 1.78. The first kappa shape index (κ1) is 20.3. The zero-order valence-electron chi connectivity index (χ0n) is 16.8. The summed E-state index contributed by atoms with van der Waals surface area (Å²) >= 11 is 7.20. The summed E-state index contributed by atoms with van der Waals surface area (Å²) in [7, 11) is 0. The number of rotatable bonds is 7. The highest BCUT2D eigenvalue weighted by atomic mass is 32.1. The summed E-state index contributed by atoms with van der Waals surface area (Å²) in [6.45, 7) is 9.04. The topological polar surface area (TPSA) is 63.4 Å². The van der Waals surface area contributed by atoms with Crippen LogP contribution in [0.15, 0.2) is 64.7 Å². The Hall–Kier alpha value is -2.97. The summed E-state index contributed by atoms with van der Waals surface area (Å²) in [5, 5.41) is 10.2. The van der Waals surface area contributed by atoms with Crippen LogP contribution in [0.2, 0.25) is 0 Å². The zero-order valence-corrected chi connectivity index (χ0v) is 18.4. The number of hydrogen-bond donors (Lipinski definition) is 1. The third-order valence-electron chi connectivity index (χ3n) is 4.83. The number of aromatic nitrogens is 2. The van der Waals surface area contributed by atoms with Gasteiger partial charge in [0.2, 0.25) is 5.82 Å². The van der Waals surface area contributed by atoms with Gasteiger partial charge in [-0.3, -0.25) is 0 Å². The van der Waals surface area contributed by atoms with Crippen LogP contribution in [0.5, 0.6) is 5.75 Å². The second kappa shape index (κ2) is 8.81. The Morgan fingerprint density at radius 1 is 1.33 bits per heavy atom. The van der Waals surface area contributed by atoms with Crippen molar-refractivity contribution in [2.45, 2.75) is 19.9 Å². The van der Waals surface area contributed by atoms with Crippen molar-refractivity contribution in [3.8, 4) is 16.5 Å². The number of thiophene rings is 1. The third-order valence-corrected chi connectivity index (χ3v) is 6.03. The Morgan fingerprint density at radius 3 is 2.80 bits per heavy atom. The van der Waals surface area contributed by atoms with E-state index in [1.165, 1.54) is 0 Å². The van der Waals surface area contributed by atoms with Crippen molar-refractivity contribution in [1.82, 2.24) is 20.4 Å². The average molecular weight is 439 g/mol. The molecule has 154 valence electrons. The highest BCUT2D eigenvalue weighted by Gasteiger charge is 2.33. The Labute approximate surface area is 184 Å². The minimum Gasteiger partial charge on any atom is -0.494 e. The number of thiocarbonyl (C=S) groups is 1. The van der Waals surface area contributed by atoms with E-state index in [0.29, 0.717) is 30.0 Å². The number of nitrogens with one attached hydrogen (secondary N) is 1. The molecule has 4 rings (SSSR count). The minimum absolute atomic E-state index is 0.217. The van der Waals surface area contributed by atoms with Crippen molar-refractivity contribution >= 4 is 34.2 Å². The molecule has 1 aliphatic rings. The van der Waals surface area contributed by atoms with Crippen molar-refractivity contribution in [2.75, 3.05) is 13.2 Å². The maximum atomic E-state index is 5.70. The molecule has 3 aromatic rings. The molecule has 0 spiro atoms. The molecule has 0 saturated heterocycles.